The maximum atomic E-state index is 10.9. The smallest absolute Gasteiger partial charge is 0.336 e. The predicted octanol–water partition coefficient (Wildman–Crippen LogP) is 1.83. The van der Waals surface area contributed by atoms with E-state index >= 15 is 0 Å². The molecule has 15 heavy (non-hydrogen) atoms. The maximum Gasteiger partial charge on any atom is 0.336 e. The highest BCUT2D eigenvalue weighted by Crippen LogP contribution is 2.23. The van der Waals surface area contributed by atoms with Crippen molar-refractivity contribution in [3.8, 4) is 11.8 Å². The van der Waals surface area contributed by atoms with Crippen molar-refractivity contribution in [1.29, 1.82) is 5.26 Å². The van der Waals surface area contributed by atoms with Crippen LogP contribution in [0, 0.1) is 11.3 Å². The van der Waals surface area contributed by atoms with E-state index in [2.05, 4.69) is 0 Å². The number of carbonyl (C=O) groups is 1. The fourth-order valence-corrected chi connectivity index (χ4v) is 1.37. The molecule has 0 atom stereocenters. The number of hydrogen-bond acceptors (Lipinski definition) is 3. The first-order valence-corrected chi connectivity index (χ1v) is 4.48. The molecule has 0 unspecified atom stereocenters. The molecule has 0 aliphatic rings. The molecule has 0 heterocycles. The molecule has 4 nitrogen and oxygen atoms in total. The van der Waals surface area contributed by atoms with E-state index in [9.17, 15) is 4.79 Å². The van der Waals surface area contributed by atoms with Crippen LogP contribution < -0.4 is 4.74 Å². The Morgan fingerprint density at radius 3 is 2.67 bits per heavy atom. The van der Waals surface area contributed by atoms with E-state index in [0.717, 1.165) is 0 Å². The van der Waals surface area contributed by atoms with Crippen molar-refractivity contribution < 1.29 is 14.6 Å². The maximum absolute atomic E-state index is 10.9. The minimum atomic E-state index is -1.00. The highest BCUT2D eigenvalue weighted by molar-refractivity contribution is 5.90. The first-order chi connectivity index (χ1) is 7.13. The summed E-state index contributed by atoms with van der Waals surface area (Å²) in [5, 5.41) is 17.8. The lowest BCUT2D eigenvalue weighted by atomic mass is 10.0. The Balaban J connectivity index is 3.42. The zero-order chi connectivity index (χ0) is 11.4. The Morgan fingerprint density at radius 2 is 2.27 bits per heavy atom. The number of benzene rings is 1. The summed E-state index contributed by atoms with van der Waals surface area (Å²) in [7, 11) is 1.41. The molecule has 0 aromatic heterocycles. The molecule has 78 valence electrons. The van der Waals surface area contributed by atoms with Crippen molar-refractivity contribution in [3.05, 3.63) is 28.8 Å². The second-order valence-electron chi connectivity index (χ2n) is 2.98. The van der Waals surface area contributed by atoms with Crippen LogP contribution in [0.3, 0.4) is 0 Å². The minimum absolute atomic E-state index is 0.188. The average molecular weight is 205 g/mol. The van der Waals surface area contributed by atoms with Crippen molar-refractivity contribution in [1.82, 2.24) is 0 Å². The first-order valence-electron chi connectivity index (χ1n) is 4.48. The molecule has 4 heteroatoms. The highest BCUT2D eigenvalue weighted by Gasteiger charge is 2.13. The summed E-state index contributed by atoms with van der Waals surface area (Å²) >= 11 is 0. The molecule has 1 N–H and O–H groups in total. The van der Waals surface area contributed by atoms with E-state index in [1.54, 1.807) is 6.07 Å². The van der Waals surface area contributed by atoms with Crippen LogP contribution >= 0.6 is 0 Å². The molecule has 0 amide bonds. The quantitative estimate of drug-likeness (QED) is 0.817. The van der Waals surface area contributed by atoms with Gasteiger partial charge < -0.3 is 9.84 Å². The normalized spacial score (nSPS) is 9.40. The number of carboxylic acids is 1. The highest BCUT2D eigenvalue weighted by atomic mass is 16.5. The molecule has 0 spiro atoms. The van der Waals surface area contributed by atoms with Crippen molar-refractivity contribution >= 4 is 5.97 Å². The monoisotopic (exact) mass is 205 g/mol. The number of aryl methyl sites for hydroxylation is 1. The van der Waals surface area contributed by atoms with Crippen molar-refractivity contribution in [2.75, 3.05) is 7.11 Å². The van der Waals surface area contributed by atoms with Gasteiger partial charge in [-0.05, 0) is 24.1 Å². The summed E-state index contributed by atoms with van der Waals surface area (Å²) in [6.07, 6.45) is 0.570. The van der Waals surface area contributed by atoms with Gasteiger partial charge in [0.1, 0.15) is 11.8 Å². The van der Waals surface area contributed by atoms with Crippen LogP contribution in [0.2, 0.25) is 0 Å². The second-order valence-corrected chi connectivity index (χ2v) is 2.98. The Bertz CT molecular complexity index is 432. The van der Waals surface area contributed by atoms with Gasteiger partial charge in [-0.25, -0.2) is 4.79 Å². The molecular formula is C11H11NO3. The Labute approximate surface area is 87.7 Å². The van der Waals surface area contributed by atoms with Crippen LogP contribution in [-0.2, 0) is 6.42 Å². The topological polar surface area (TPSA) is 70.3 Å². The second kappa shape index (κ2) is 4.47. The van der Waals surface area contributed by atoms with E-state index in [1.807, 2.05) is 13.0 Å². The van der Waals surface area contributed by atoms with E-state index < -0.39 is 5.97 Å². The Kier molecular flexibility index (Phi) is 3.29. The van der Waals surface area contributed by atoms with Gasteiger partial charge in [-0.2, -0.15) is 5.26 Å². The molecule has 0 aliphatic carbocycles. The predicted molar refractivity (Wildman–Crippen MR) is 54.0 cm³/mol. The number of rotatable bonds is 3. The minimum Gasteiger partial charge on any atom is -0.495 e. The van der Waals surface area contributed by atoms with Crippen molar-refractivity contribution in [3.63, 3.8) is 0 Å². The molecule has 0 saturated heterocycles. The summed E-state index contributed by atoms with van der Waals surface area (Å²) in [5.74, 6) is -0.707. The zero-order valence-electron chi connectivity index (χ0n) is 8.57. The number of methoxy groups -OCH3 is 1. The summed E-state index contributed by atoms with van der Waals surface area (Å²) in [6.45, 7) is 1.84. The molecule has 1 aromatic carbocycles. The van der Waals surface area contributed by atoms with Crippen LogP contribution in [0.25, 0.3) is 0 Å². The number of carboxylic acid groups (broad SMARTS) is 1. The third-order valence-electron chi connectivity index (χ3n) is 2.16. The molecule has 0 bridgehead atoms. The van der Waals surface area contributed by atoms with Crippen molar-refractivity contribution in [2.45, 2.75) is 13.3 Å². The van der Waals surface area contributed by atoms with E-state index in [4.69, 9.17) is 15.1 Å². The first kappa shape index (κ1) is 11.1. The van der Waals surface area contributed by atoms with Gasteiger partial charge in [0.05, 0.1) is 18.2 Å². The summed E-state index contributed by atoms with van der Waals surface area (Å²) in [5.41, 5.74) is 1.19. The van der Waals surface area contributed by atoms with Crippen LogP contribution in [0.1, 0.15) is 28.4 Å². The van der Waals surface area contributed by atoms with Gasteiger partial charge in [-0.15, -0.1) is 0 Å². The van der Waals surface area contributed by atoms with Crippen LogP contribution in [-0.4, -0.2) is 18.2 Å². The lowest BCUT2D eigenvalue weighted by molar-refractivity contribution is 0.0695. The van der Waals surface area contributed by atoms with Gasteiger partial charge in [0.2, 0.25) is 0 Å². The Morgan fingerprint density at radius 1 is 1.60 bits per heavy atom. The van der Waals surface area contributed by atoms with Gasteiger partial charge >= 0.3 is 5.97 Å². The average Bonchev–Trinajstić information content (AvgIpc) is 2.26. The lowest BCUT2D eigenvalue weighted by Gasteiger charge is -2.08. The fourth-order valence-electron chi connectivity index (χ4n) is 1.37. The van der Waals surface area contributed by atoms with Crippen LogP contribution in [0.4, 0.5) is 0 Å². The van der Waals surface area contributed by atoms with Crippen LogP contribution in [0.15, 0.2) is 12.1 Å². The van der Waals surface area contributed by atoms with Crippen LogP contribution in [0.5, 0.6) is 5.75 Å². The molecule has 0 aliphatic heterocycles. The molecular weight excluding hydrogens is 194 g/mol. The summed E-state index contributed by atoms with van der Waals surface area (Å²) in [6, 6.07) is 4.92. The summed E-state index contributed by atoms with van der Waals surface area (Å²) in [4.78, 5) is 10.9. The molecule has 1 aromatic rings. The number of ether oxygens (including phenoxy) is 1. The number of aromatic carboxylic acids is 1. The van der Waals surface area contributed by atoms with Crippen molar-refractivity contribution in [2.24, 2.45) is 0 Å². The fraction of sp³-hybridized carbons (Fsp3) is 0.273. The number of nitriles is 1. The van der Waals surface area contributed by atoms with Gasteiger partial charge in [0.25, 0.3) is 0 Å². The SMILES string of the molecule is CCc1cc(C#N)c(OC)cc1C(=O)O. The van der Waals surface area contributed by atoms with Gasteiger partial charge in [0.15, 0.2) is 0 Å². The largest absolute Gasteiger partial charge is 0.495 e. The van der Waals surface area contributed by atoms with E-state index in [-0.39, 0.29) is 5.56 Å². The molecule has 0 saturated carbocycles. The summed E-state index contributed by atoms with van der Waals surface area (Å²) < 4.78 is 4.94. The number of hydrogen-bond donors (Lipinski definition) is 1. The molecule has 1 rings (SSSR count). The lowest BCUT2D eigenvalue weighted by Crippen LogP contribution is -2.03. The third-order valence-corrected chi connectivity index (χ3v) is 2.16. The third kappa shape index (κ3) is 2.08. The standard InChI is InChI=1S/C11H11NO3/c1-3-7-4-8(6-12)10(15-2)5-9(7)11(13)14/h4-5H,3H2,1-2H3,(H,13,14). The zero-order valence-corrected chi connectivity index (χ0v) is 8.57. The number of nitrogens with zero attached hydrogens (tertiary/aromatic N) is 1. The van der Waals surface area contributed by atoms with E-state index in [1.165, 1.54) is 13.2 Å². The molecule has 0 fully saturated rings. The Hall–Kier alpha value is -2.02. The van der Waals surface area contributed by atoms with Gasteiger partial charge in [-0.3, -0.25) is 0 Å². The van der Waals surface area contributed by atoms with E-state index in [0.29, 0.717) is 23.3 Å². The van der Waals surface area contributed by atoms with Gasteiger partial charge in [-0.1, -0.05) is 6.92 Å². The van der Waals surface area contributed by atoms with Gasteiger partial charge in [0, 0.05) is 0 Å². The molecule has 0 radical (unpaired) electrons.